The van der Waals surface area contributed by atoms with Gasteiger partial charge in [0.15, 0.2) is 0 Å². The fourth-order valence-electron chi connectivity index (χ4n) is 1.60. The Morgan fingerprint density at radius 1 is 1.35 bits per heavy atom. The summed E-state index contributed by atoms with van der Waals surface area (Å²) in [6.07, 6.45) is 1.76. The molecule has 1 aromatic rings. The van der Waals surface area contributed by atoms with Crippen LogP contribution in [-0.2, 0) is 11.2 Å². The average Bonchev–Trinajstić information content (AvgIpc) is 2.28. The first-order valence-corrected chi connectivity index (χ1v) is 6.06. The Bertz CT molecular complexity index is 374. The topological polar surface area (TPSA) is 55.1 Å². The zero-order chi connectivity index (χ0) is 12.9. The highest BCUT2D eigenvalue weighted by Gasteiger charge is 2.19. The molecule has 0 radical (unpaired) electrons. The van der Waals surface area contributed by atoms with E-state index in [1.807, 2.05) is 38.1 Å². The van der Waals surface area contributed by atoms with E-state index in [0.29, 0.717) is 0 Å². The smallest absolute Gasteiger partial charge is 0.234 e. The molecule has 0 aliphatic heterocycles. The Balaban J connectivity index is 2.49. The van der Waals surface area contributed by atoms with Crippen molar-refractivity contribution in [3.05, 3.63) is 34.9 Å². The van der Waals surface area contributed by atoms with Gasteiger partial charge in [0.05, 0.1) is 6.54 Å². The summed E-state index contributed by atoms with van der Waals surface area (Å²) < 4.78 is 0. The van der Waals surface area contributed by atoms with Crippen molar-refractivity contribution in [1.82, 2.24) is 5.32 Å². The number of amides is 1. The van der Waals surface area contributed by atoms with Crippen LogP contribution < -0.4 is 11.1 Å². The summed E-state index contributed by atoms with van der Waals surface area (Å²) in [5.41, 5.74) is 6.25. The normalized spacial score (nSPS) is 11.3. The lowest BCUT2D eigenvalue weighted by atomic mass is 9.95. The van der Waals surface area contributed by atoms with Gasteiger partial charge in [-0.25, -0.2) is 0 Å². The first-order chi connectivity index (χ1) is 7.93. The molecule has 0 atom stereocenters. The van der Waals surface area contributed by atoms with Crippen LogP contribution in [0.5, 0.6) is 0 Å². The number of rotatable bonds is 5. The van der Waals surface area contributed by atoms with Crippen molar-refractivity contribution in [3.63, 3.8) is 0 Å². The summed E-state index contributed by atoms with van der Waals surface area (Å²) in [5, 5.41) is 3.64. The van der Waals surface area contributed by atoms with Crippen molar-refractivity contribution in [3.8, 4) is 0 Å². The lowest BCUT2D eigenvalue weighted by Crippen LogP contribution is -2.46. The van der Waals surface area contributed by atoms with Crippen molar-refractivity contribution in [2.24, 2.45) is 5.73 Å². The second kappa shape index (κ2) is 6.03. The van der Waals surface area contributed by atoms with Gasteiger partial charge in [-0.3, -0.25) is 4.79 Å². The van der Waals surface area contributed by atoms with E-state index < -0.39 is 0 Å². The molecule has 0 heterocycles. The molecule has 94 valence electrons. The van der Waals surface area contributed by atoms with Gasteiger partial charge in [0.1, 0.15) is 0 Å². The van der Waals surface area contributed by atoms with Gasteiger partial charge in [-0.15, -0.1) is 0 Å². The molecule has 0 spiro atoms. The lowest BCUT2D eigenvalue weighted by molar-refractivity contribution is -0.121. The summed E-state index contributed by atoms with van der Waals surface area (Å²) >= 11 is 5.82. The molecule has 0 aromatic heterocycles. The number of benzene rings is 1. The summed E-state index contributed by atoms with van der Waals surface area (Å²) in [6.45, 7) is 4.03. The van der Waals surface area contributed by atoms with Crippen LogP contribution in [0, 0.1) is 0 Å². The average molecular weight is 255 g/mol. The summed E-state index contributed by atoms with van der Waals surface area (Å²) in [6, 6.07) is 7.76. The Morgan fingerprint density at radius 3 is 2.47 bits per heavy atom. The SMILES string of the molecule is CC(C)(CCc1ccc(Cl)cc1)NC(=O)CN. The highest BCUT2D eigenvalue weighted by Crippen LogP contribution is 2.15. The maximum atomic E-state index is 11.2. The van der Waals surface area contributed by atoms with Crippen molar-refractivity contribution >= 4 is 17.5 Å². The van der Waals surface area contributed by atoms with Crippen LogP contribution in [0.3, 0.4) is 0 Å². The van der Waals surface area contributed by atoms with E-state index in [1.165, 1.54) is 5.56 Å². The predicted molar refractivity (Wildman–Crippen MR) is 71.0 cm³/mol. The molecule has 0 bridgehead atoms. The Kier molecular flexibility index (Phi) is 4.97. The van der Waals surface area contributed by atoms with E-state index >= 15 is 0 Å². The number of carbonyl (C=O) groups excluding carboxylic acids is 1. The highest BCUT2D eigenvalue weighted by atomic mass is 35.5. The molecule has 0 unspecified atom stereocenters. The standard InChI is InChI=1S/C13H19ClN2O/c1-13(2,16-12(17)9-15)8-7-10-3-5-11(14)6-4-10/h3-6H,7-9,15H2,1-2H3,(H,16,17). The zero-order valence-electron chi connectivity index (χ0n) is 10.3. The van der Waals surface area contributed by atoms with Crippen LogP contribution >= 0.6 is 11.6 Å². The predicted octanol–water partition coefficient (Wildman–Crippen LogP) is 2.13. The van der Waals surface area contributed by atoms with Crippen molar-refractivity contribution in [2.75, 3.05) is 6.54 Å². The highest BCUT2D eigenvalue weighted by molar-refractivity contribution is 6.30. The molecule has 1 amide bonds. The molecule has 17 heavy (non-hydrogen) atoms. The van der Waals surface area contributed by atoms with Crippen LogP contribution in [0.4, 0.5) is 0 Å². The second-order valence-electron chi connectivity index (χ2n) is 4.76. The van der Waals surface area contributed by atoms with Gasteiger partial charge in [0, 0.05) is 10.6 Å². The van der Waals surface area contributed by atoms with E-state index in [-0.39, 0.29) is 18.0 Å². The number of carbonyl (C=O) groups is 1. The minimum Gasteiger partial charge on any atom is -0.350 e. The molecule has 3 nitrogen and oxygen atoms in total. The van der Waals surface area contributed by atoms with Gasteiger partial charge in [-0.1, -0.05) is 23.7 Å². The number of halogens is 1. The molecule has 0 saturated carbocycles. The molecule has 1 aromatic carbocycles. The molecular weight excluding hydrogens is 236 g/mol. The van der Waals surface area contributed by atoms with E-state index in [9.17, 15) is 4.79 Å². The number of hydrogen-bond acceptors (Lipinski definition) is 2. The van der Waals surface area contributed by atoms with Crippen LogP contribution in [0.2, 0.25) is 5.02 Å². The van der Waals surface area contributed by atoms with Gasteiger partial charge < -0.3 is 11.1 Å². The molecule has 0 aliphatic carbocycles. The van der Waals surface area contributed by atoms with E-state index in [2.05, 4.69) is 5.32 Å². The fourth-order valence-corrected chi connectivity index (χ4v) is 1.72. The third-order valence-electron chi connectivity index (χ3n) is 2.62. The largest absolute Gasteiger partial charge is 0.350 e. The van der Waals surface area contributed by atoms with Gasteiger partial charge >= 0.3 is 0 Å². The van der Waals surface area contributed by atoms with Gasteiger partial charge in [-0.05, 0) is 44.4 Å². The molecule has 0 saturated heterocycles. The van der Waals surface area contributed by atoms with Gasteiger partial charge in [-0.2, -0.15) is 0 Å². The summed E-state index contributed by atoms with van der Waals surface area (Å²) in [4.78, 5) is 11.2. The van der Waals surface area contributed by atoms with Gasteiger partial charge in [0.2, 0.25) is 5.91 Å². The van der Waals surface area contributed by atoms with E-state index in [1.54, 1.807) is 0 Å². The lowest BCUT2D eigenvalue weighted by Gasteiger charge is -2.26. The zero-order valence-corrected chi connectivity index (χ0v) is 11.1. The maximum Gasteiger partial charge on any atom is 0.234 e. The number of hydrogen-bond donors (Lipinski definition) is 2. The van der Waals surface area contributed by atoms with Crippen molar-refractivity contribution < 1.29 is 4.79 Å². The van der Waals surface area contributed by atoms with Gasteiger partial charge in [0.25, 0.3) is 0 Å². The second-order valence-corrected chi connectivity index (χ2v) is 5.20. The van der Waals surface area contributed by atoms with E-state index in [4.69, 9.17) is 17.3 Å². The fraction of sp³-hybridized carbons (Fsp3) is 0.462. The molecule has 0 fully saturated rings. The first kappa shape index (κ1) is 14.0. The summed E-state index contributed by atoms with van der Waals surface area (Å²) in [7, 11) is 0. The van der Waals surface area contributed by atoms with Crippen LogP contribution in [0.25, 0.3) is 0 Å². The van der Waals surface area contributed by atoms with Crippen LogP contribution in [0.1, 0.15) is 25.8 Å². The Morgan fingerprint density at radius 2 is 1.94 bits per heavy atom. The first-order valence-electron chi connectivity index (χ1n) is 5.68. The Hall–Kier alpha value is -1.06. The minimum atomic E-state index is -0.240. The summed E-state index contributed by atoms with van der Waals surface area (Å²) in [5.74, 6) is -0.119. The van der Waals surface area contributed by atoms with Crippen LogP contribution in [0.15, 0.2) is 24.3 Å². The number of nitrogens with two attached hydrogens (primary N) is 1. The van der Waals surface area contributed by atoms with Crippen molar-refractivity contribution in [1.29, 1.82) is 0 Å². The molecule has 1 rings (SSSR count). The molecular formula is C13H19ClN2O. The van der Waals surface area contributed by atoms with E-state index in [0.717, 1.165) is 17.9 Å². The molecule has 0 aliphatic rings. The molecule has 4 heteroatoms. The third kappa shape index (κ3) is 5.20. The monoisotopic (exact) mass is 254 g/mol. The van der Waals surface area contributed by atoms with Crippen molar-refractivity contribution in [2.45, 2.75) is 32.2 Å². The van der Waals surface area contributed by atoms with Crippen LogP contribution in [-0.4, -0.2) is 18.0 Å². The number of nitrogens with one attached hydrogen (secondary N) is 1. The maximum absolute atomic E-state index is 11.2. The Labute approximate surface area is 107 Å². The molecule has 3 N–H and O–H groups in total. The quantitative estimate of drug-likeness (QED) is 0.846. The number of aryl methyl sites for hydroxylation is 1. The minimum absolute atomic E-state index is 0.0321. The third-order valence-corrected chi connectivity index (χ3v) is 2.87.